The van der Waals surface area contributed by atoms with Crippen molar-refractivity contribution in [1.29, 1.82) is 0 Å². The van der Waals surface area contributed by atoms with Gasteiger partial charge >= 0.3 is 0 Å². The second-order valence-electron chi connectivity index (χ2n) is 3.49. The second-order valence-corrected chi connectivity index (χ2v) is 4.24. The molecule has 3 aromatic rings. The monoisotopic (exact) mass is 273 g/mol. The summed E-state index contributed by atoms with van der Waals surface area (Å²) in [5, 5.41) is 1.00. The van der Waals surface area contributed by atoms with E-state index in [0.29, 0.717) is 0 Å². The minimum Gasteiger partial charge on any atom is -0.456 e. The molecule has 0 aliphatic rings. The van der Waals surface area contributed by atoms with Crippen molar-refractivity contribution in [2.45, 2.75) is 0 Å². The molecule has 0 fully saturated rings. The summed E-state index contributed by atoms with van der Waals surface area (Å²) in [7, 11) is 0. The SMILES string of the molecule is Brc1nccc2oc(-c3ccccc3)cc12. The first-order chi connectivity index (χ1) is 7.84. The van der Waals surface area contributed by atoms with Crippen LogP contribution >= 0.6 is 15.9 Å². The Morgan fingerprint density at radius 2 is 1.88 bits per heavy atom. The summed E-state index contributed by atoms with van der Waals surface area (Å²) in [6.45, 7) is 0. The Labute approximate surface area is 101 Å². The van der Waals surface area contributed by atoms with E-state index in [0.717, 1.165) is 26.9 Å². The fraction of sp³-hybridized carbons (Fsp3) is 0. The van der Waals surface area contributed by atoms with Crippen LogP contribution in [0.1, 0.15) is 0 Å². The smallest absolute Gasteiger partial charge is 0.139 e. The molecule has 0 radical (unpaired) electrons. The van der Waals surface area contributed by atoms with Gasteiger partial charge in [0.15, 0.2) is 0 Å². The van der Waals surface area contributed by atoms with Gasteiger partial charge in [0, 0.05) is 11.8 Å². The van der Waals surface area contributed by atoms with Gasteiger partial charge in [-0.15, -0.1) is 0 Å². The third-order valence-electron chi connectivity index (χ3n) is 2.46. The zero-order chi connectivity index (χ0) is 11.0. The summed E-state index contributed by atoms with van der Waals surface area (Å²) in [6, 6.07) is 13.9. The van der Waals surface area contributed by atoms with Crippen LogP contribution in [0.3, 0.4) is 0 Å². The Balaban J connectivity index is 2.23. The number of halogens is 1. The highest BCUT2D eigenvalue weighted by molar-refractivity contribution is 9.10. The number of benzene rings is 1. The topological polar surface area (TPSA) is 26.0 Å². The third-order valence-corrected chi connectivity index (χ3v) is 3.09. The van der Waals surface area contributed by atoms with Gasteiger partial charge in [-0.2, -0.15) is 0 Å². The molecule has 0 spiro atoms. The maximum absolute atomic E-state index is 5.76. The Morgan fingerprint density at radius 1 is 1.06 bits per heavy atom. The van der Waals surface area contributed by atoms with E-state index >= 15 is 0 Å². The lowest BCUT2D eigenvalue weighted by atomic mass is 10.2. The summed E-state index contributed by atoms with van der Waals surface area (Å²) < 4.78 is 6.58. The van der Waals surface area contributed by atoms with E-state index < -0.39 is 0 Å². The first-order valence-electron chi connectivity index (χ1n) is 4.94. The van der Waals surface area contributed by atoms with Crippen LogP contribution in [-0.4, -0.2) is 4.98 Å². The third kappa shape index (κ3) is 1.53. The maximum atomic E-state index is 5.76. The number of rotatable bonds is 1. The maximum Gasteiger partial charge on any atom is 0.139 e. The molecule has 0 atom stereocenters. The molecular weight excluding hydrogens is 266 g/mol. The number of fused-ring (bicyclic) bond motifs is 1. The van der Waals surface area contributed by atoms with Gasteiger partial charge in [-0.3, -0.25) is 0 Å². The molecule has 0 amide bonds. The van der Waals surface area contributed by atoms with Crippen LogP contribution in [0.4, 0.5) is 0 Å². The van der Waals surface area contributed by atoms with Gasteiger partial charge < -0.3 is 4.42 Å². The molecule has 16 heavy (non-hydrogen) atoms. The molecule has 3 rings (SSSR count). The number of nitrogens with zero attached hydrogens (tertiary/aromatic N) is 1. The number of furan rings is 1. The molecule has 0 saturated heterocycles. The lowest BCUT2D eigenvalue weighted by molar-refractivity contribution is 0.631. The van der Waals surface area contributed by atoms with Crippen LogP contribution in [0.15, 0.2) is 57.7 Å². The summed E-state index contributed by atoms with van der Waals surface area (Å²) >= 11 is 3.41. The van der Waals surface area contributed by atoms with Crippen molar-refractivity contribution >= 4 is 26.9 Å². The zero-order valence-electron chi connectivity index (χ0n) is 8.35. The van der Waals surface area contributed by atoms with Crippen molar-refractivity contribution in [2.75, 3.05) is 0 Å². The Bertz CT molecular complexity index is 631. The number of hydrogen-bond acceptors (Lipinski definition) is 2. The highest BCUT2D eigenvalue weighted by Gasteiger charge is 2.08. The molecule has 0 aliphatic carbocycles. The van der Waals surface area contributed by atoms with Crippen molar-refractivity contribution in [2.24, 2.45) is 0 Å². The van der Waals surface area contributed by atoms with E-state index in [4.69, 9.17) is 4.42 Å². The van der Waals surface area contributed by atoms with Gasteiger partial charge in [0.05, 0.1) is 5.39 Å². The lowest BCUT2D eigenvalue weighted by Gasteiger charge is -1.93. The van der Waals surface area contributed by atoms with Crippen LogP contribution in [0.25, 0.3) is 22.3 Å². The first kappa shape index (κ1) is 9.60. The van der Waals surface area contributed by atoms with E-state index in [1.54, 1.807) is 6.20 Å². The van der Waals surface area contributed by atoms with Gasteiger partial charge in [0.25, 0.3) is 0 Å². The van der Waals surface area contributed by atoms with Gasteiger partial charge in [0.2, 0.25) is 0 Å². The number of hydrogen-bond donors (Lipinski definition) is 0. The molecule has 0 N–H and O–H groups in total. The normalized spacial score (nSPS) is 10.8. The Kier molecular flexibility index (Phi) is 2.26. The molecule has 2 heterocycles. The molecule has 2 nitrogen and oxygen atoms in total. The Morgan fingerprint density at radius 3 is 2.62 bits per heavy atom. The van der Waals surface area contributed by atoms with E-state index in [-0.39, 0.29) is 0 Å². The molecular formula is C13H8BrNO. The summed E-state index contributed by atoms with van der Waals surface area (Å²) in [5.41, 5.74) is 1.92. The van der Waals surface area contributed by atoms with Gasteiger partial charge in [-0.1, -0.05) is 30.3 Å². The average Bonchev–Trinajstić information content (AvgIpc) is 2.76. The van der Waals surface area contributed by atoms with E-state index in [2.05, 4.69) is 20.9 Å². The molecule has 78 valence electrons. The van der Waals surface area contributed by atoms with Crippen molar-refractivity contribution < 1.29 is 4.42 Å². The molecule has 3 heteroatoms. The van der Waals surface area contributed by atoms with Crippen molar-refractivity contribution in [3.63, 3.8) is 0 Å². The van der Waals surface area contributed by atoms with Crippen molar-refractivity contribution in [1.82, 2.24) is 4.98 Å². The largest absolute Gasteiger partial charge is 0.456 e. The van der Waals surface area contributed by atoms with Gasteiger partial charge in [0.1, 0.15) is 15.9 Å². The molecule has 0 bridgehead atoms. The van der Waals surface area contributed by atoms with E-state index in [1.807, 2.05) is 42.5 Å². The zero-order valence-corrected chi connectivity index (χ0v) is 9.94. The average molecular weight is 274 g/mol. The molecule has 0 unspecified atom stereocenters. The standard InChI is InChI=1S/C13H8BrNO/c14-13-10-8-12(9-4-2-1-3-5-9)16-11(10)6-7-15-13/h1-8H. The van der Waals surface area contributed by atoms with Crippen LogP contribution in [-0.2, 0) is 0 Å². The van der Waals surface area contributed by atoms with E-state index in [1.165, 1.54) is 0 Å². The fourth-order valence-corrected chi connectivity index (χ4v) is 2.10. The fourth-order valence-electron chi connectivity index (χ4n) is 1.67. The lowest BCUT2D eigenvalue weighted by Crippen LogP contribution is -1.72. The van der Waals surface area contributed by atoms with Crippen LogP contribution in [0.2, 0.25) is 0 Å². The molecule has 0 aliphatic heterocycles. The van der Waals surface area contributed by atoms with Crippen molar-refractivity contribution in [3.05, 3.63) is 53.3 Å². The Hall–Kier alpha value is -1.61. The summed E-state index contributed by atoms with van der Waals surface area (Å²) in [5.74, 6) is 0.865. The minimum atomic E-state index is 0.816. The quantitative estimate of drug-likeness (QED) is 0.620. The van der Waals surface area contributed by atoms with Crippen LogP contribution in [0.5, 0.6) is 0 Å². The second kappa shape index (κ2) is 3.76. The molecule has 2 aromatic heterocycles. The molecule has 1 aromatic carbocycles. The van der Waals surface area contributed by atoms with Gasteiger partial charge in [-0.25, -0.2) is 4.98 Å². The van der Waals surface area contributed by atoms with Crippen molar-refractivity contribution in [3.8, 4) is 11.3 Å². The summed E-state index contributed by atoms with van der Waals surface area (Å²) in [6.07, 6.45) is 1.73. The first-order valence-corrected chi connectivity index (χ1v) is 5.73. The number of pyridine rings is 1. The minimum absolute atomic E-state index is 0.816. The highest BCUT2D eigenvalue weighted by atomic mass is 79.9. The van der Waals surface area contributed by atoms with Crippen LogP contribution in [0, 0.1) is 0 Å². The van der Waals surface area contributed by atoms with Crippen LogP contribution < -0.4 is 0 Å². The van der Waals surface area contributed by atoms with E-state index in [9.17, 15) is 0 Å². The highest BCUT2D eigenvalue weighted by Crippen LogP contribution is 2.30. The number of aromatic nitrogens is 1. The predicted molar refractivity (Wildman–Crippen MR) is 67.1 cm³/mol. The van der Waals surface area contributed by atoms with Gasteiger partial charge in [-0.05, 0) is 28.1 Å². The predicted octanol–water partition coefficient (Wildman–Crippen LogP) is 4.26. The molecule has 0 saturated carbocycles. The summed E-state index contributed by atoms with van der Waals surface area (Å²) in [4.78, 5) is 4.17.